The lowest BCUT2D eigenvalue weighted by Crippen LogP contribution is -2.88. The van der Waals surface area contributed by atoms with E-state index in [0.29, 0.717) is 18.1 Å². The van der Waals surface area contributed by atoms with E-state index in [4.69, 9.17) is 14.2 Å². The maximum Gasteiger partial charge on any atom is 0.269 e. The molecule has 3 rings (SSSR count). The van der Waals surface area contributed by atoms with Crippen molar-refractivity contribution in [2.45, 2.75) is 12.5 Å². The minimum Gasteiger partial charge on any atom is -0.493 e. The molecule has 2 N–H and O–H groups in total. The van der Waals surface area contributed by atoms with Crippen LogP contribution in [0.4, 0.5) is 5.69 Å². The van der Waals surface area contributed by atoms with Crippen LogP contribution in [0.15, 0.2) is 36.4 Å². The van der Waals surface area contributed by atoms with Gasteiger partial charge in [-0.3, -0.25) is 10.1 Å². The van der Waals surface area contributed by atoms with Crippen molar-refractivity contribution in [2.75, 3.05) is 27.4 Å². The highest BCUT2D eigenvalue weighted by Crippen LogP contribution is 2.33. The zero-order valence-electron chi connectivity index (χ0n) is 14.2. The van der Waals surface area contributed by atoms with Gasteiger partial charge in [0.25, 0.3) is 5.69 Å². The van der Waals surface area contributed by atoms with E-state index < -0.39 is 4.92 Å². The van der Waals surface area contributed by atoms with Gasteiger partial charge in [0.05, 0.1) is 25.7 Å². The van der Waals surface area contributed by atoms with Gasteiger partial charge in [-0.05, 0) is 29.8 Å². The molecule has 1 aliphatic rings. The van der Waals surface area contributed by atoms with Crippen LogP contribution in [0.2, 0.25) is 0 Å². The van der Waals surface area contributed by atoms with Gasteiger partial charge in [-0.25, -0.2) is 0 Å². The summed E-state index contributed by atoms with van der Waals surface area (Å²) >= 11 is 0. The number of nitrogens with two attached hydrogens (primary N) is 1. The number of non-ortho nitro benzene ring substituents is 1. The summed E-state index contributed by atoms with van der Waals surface area (Å²) in [7, 11) is 3.26. The van der Waals surface area contributed by atoms with Crippen LogP contribution < -0.4 is 19.5 Å². The Kier molecular flexibility index (Phi) is 5.04. The Bertz CT molecular complexity index is 761. The molecule has 1 aliphatic heterocycles. The summed E-state index contributed by atoms with van der Waals surface area (Å²) < 4.78 is 16.6. The highest BCUT2D eigenvalue weighted by Gasteiger charge is 2.26. The Labute approximate surface area is 145 Å². The number of rotatable bonds is 6. The molecule has 0 saturated heterocycles. The van der Waals surface area contributed by atoms with Gasteiger partial charge >= 0.3 is 0 Å². The molecule has 2 aromatic carbocycles. The number of hydrogen-bond acceptors (Lipinski definition) is 5. The van der Waals surface area contributed by atoms with Gasteiger partial charge < -0.3 is 19.5 Å². The quantitative estimate of drug-likeness (QED) is 0.638. The van der Waals surface area contributed by atoms with Crippen LogP contribution in [0.1, 0.15) is 17.2 Å². The Morgan fingerprint density at radius 2 is 1.84 bits per heavy atom. The lowest BCUT2D eigenvalue weighted by atomic mass is 9.94. The maximum atomic E-state index is 10.7. The van der Waals surface area contributed by atoms with E-state index in [1.54, 1.807) is 26.4 Å². The number of ether oxygens (including phenoxy) is 3. The monoisotopic (exact) mass is 345 g/mol. The standard InChI is InChI=1S/C18H20N2O5/c1-23-17-9-12-7-8-19-16(15(12)10-18(17)24-2)11-25-14-5-3-13(4-6-14)20(21)22/h3-6,9-10,16,19H,7-8,11H2,1-2H3/p+1/t16-/m0/s1. The fraction of sp³-hybridized carbons (Fsp3) is 0.333. The fourth-order valence-electron chi connectivity index (χ4n) is 3.07. The second-order valence-electron chi connectivity index (χ2n) is 5.85. The van der Waals surface area contributed by atoms with Gasteiger partial charge in [-0.1, -0.05) is 0 Å². The van der Waals surface area contributed by atoms with Gasteiger partial charge in [-0.2, -0.15) is 0 Å². The van der Waals surface area contributed by atoms with Crippen LogP contribution in [0.5, 0.6) is 17.2 Å². The van der Waals surface area contributed by atoms with Crippen molar-refractivity contribution in [1.82, 2.24) is 0 Å². The van der Waals surface area contributed by atoms with Crippen molar-refractivity contribution in [3.63, 3.8) is 0 Å². The molecule has 7 heteroatoms. The molecule has 0 fully saturated rings. The molecule has 0 spiro atoms. The van der Waals surface area contributed by atoms with E-state index in [2.05, 4.69) is 5.32 Å². The number of benzene rings is 2. The van der Waals surface area contributed by atoms with Crippen molar-refractivity contribution in [3.05, 3.63) is 57.6 Å². The third-order valence-corrected chi connectivity index (χ3v) is 4.39. The molecule has 2 aromatic rings. The summed E-state index contributed by atoms with van der Waals surface area (Å²) in [5, 5.41) is 12.9. The number of fused-ring (bicyclic) bond motifs is 1. The molecule has 0 bridgehead atoms. The van der Waals surface area contributed by atoms with Gasteiger partial charge in [0, 0.05) is 24.1 Å². The minimum atomic E-state index is -0.422. The molecule has 7 nitrogen and oxygen atoms in total. The number of nitro benzene ring substituents is 1. The normalized spacial score (nSPS) is 16.0. The zero-order chi connectivity index (χ0) is 17.8. The first-order valence-electron chi connectivity index (χ1n) is 8.07. The largest absolute Gasteiger partial charge is 0.493 e. The molecule has 1 heterocycles. The van der Waals surface area contributed by atoms with Crippen LogP contribution in [-0.2, 0) is 6.42 Å². The second-order valence-corrected chi connectivity index (χ2v) is 5.85. The molecule has 0 aliphatic carbocycles. The number of hydrogen-bond donors (Lipinski definition) is 1. The van der Waals surface area contributed by atoms with Crippen molar-refractivity contribution < 1.29 is 24.5 Å². The Morgan fingerprint density at radius 1 is 1.16 bits per heavy atom. The number of methoxy groups -OCH3 is 2. The van der Waals surface area contributed by atoms with E-state index in [-0.39, 0.29) is 11.7 Å². The van der Waals surface area contributed by atoms with E-state index in [0.717, 1.165) is 18.7 Å². The average molecular weight is 345 g/mol. The van der Waals surface area contributed by atoms with Crippen LogP contribution >= 0.6 is 0 Å². The summed E-state index contributed by atoms with van der Waals surface area (Å²) in [5.74, 6) is 2.06. The van der Waals surface area contributed by atoms with E-state index in [1.165, 1.54) is 23.3 Å². The highest BCUT2D eigenvalue weighted by molar-refractivity contribution is 5.48. The summed E-state index contributed by atoms with van der Waals surface area (Å²) in [6, 6.07) is 10.3. The van der Waals surface area contributed by atoms with Crippen molar-refractivity contribution in [3.8, 4) is 17.2 Å². The number of nitrogens with zero attached hydrogens (tertiary/aromatic N) is 1. The lowest BCUT2D eigenvalue weighted by molar-refractivity contribution is -0.700. The first-order valence-corrected chi connectivity index (χ1v) is 8.07. The van der Waals surface area contributed by atoms with Crippen LogP contribution in [-0.4, -0.2) is 32.3 Å². The van der Waals surface area contributed by atoms with Gasteiger partial charge in [0.2, 0.25) is 0 Å². The van der Waals surface area contributed by atoms with E-state index in [1.807, 2.05) is 12.1 Å². The third kappa shape index (κ3) is 3.66. The zero-order valence-corrected chi connectivity index (χ0v) is 14.2. The maximum absolute atomic E-state index is 10.7. The topological polar surface area (TPSA) is 87.4 Å². The highest BCUT2D eigenvalue weighted by atomic mass is 16.6. The SMILES string of the molecule is COc1cc2c(cc1OC)[C@H](COc1ccc([N+](=O)[O-])cc1)[NH2+]CC2. The van der Waals surface area contributed by atoms with Gasteiger partial charge in [-0.15, -0.1) is 0 Å². The average Bonchev–Trinajstić information content (AvgIpc) is 2.65. The van der Waals surface area contributed by atoms with E-state index >= 15 is 0 Å². The van der Waals surface area contributed by atoms with Crippen molar-refractivity contribution in [2.24, 2.45) is 0 Å². The number of quaternary nitrogens is 1. The molecule has 1 atom stereocenters. The molecule has 0 saturated carbocycles. The molecule has 25 heavy (non-hydrogen) atoms. The smallest absolute Gasteiger partial charge is 0.269 e. The van der Waals surface area contributed by atoms with E-state index in [9.17, 15) is 10.1 Å². The van der Waals surface area contributed by atoms with Gasteiger partial charge in [0.15, 0.2) is 11.5 Å². The Morgan fingerprint density at radius 3 is 2.48 bits per heavy atom. The molecular weight excluding hydrogens is 324 g/mol. The van der Waals surface area contributed by atoms with Crippen LogP contribution in [0.3, 0.4) is 0 Å². The Hall–Kier alpha value is -2.80. The molecule has 0 unspecified atom stereocenters. The first-order chi connectivity index (χ1) is 12.1. The fourth-order valence-corrected chi connectivity index (χ4v) is 3.07. The molecule has 0 aromatic heterocycles. The second kappa shape index (κ2) is 7.40. The van der Waals surface area contributed by atoms with Crippen LogP contribution in [0.25, 0.3) is 0 Å². The third-order valence-electron chi connectivity index (χ3n) is 4.39. The lowest BCUT2D eigenvalue weighted by Gasteiger charge is -2.25. The molecule has 132 valence electrons. The van der Waals surface area contributed by atoms with Crippen LogP contribution in [0, 0.1) is 10.1 Å². The summed E-state index contributed by atoms with van der Waals surface area (Å²) in [4.78, 5) is 10.3. The first kappa shape index (κ1) is 17.0. The summed E-state index contributed by atoms with van der Waals surface area (Å²) in [6.45, 7) is 1.44. The Balaban J connectivity index is 1.75. The van der Waals surface area contributed by atoms with Crippen molar-refractivity contribution in [1.29, 1.82) is 0 Å². The number of nitro groups is 1. The summed E-state index contributed by atoms with van der Waals surface area (Å²) in [5.41, 5.74) is 2.46. The predicted molar refractivity (Wildman–Crippen MR) is 91.4 cm³/mol. The van der Waals surface area contributed by atoms with Gasteiger partial charge in [0.1, 0.15) is 18.4 Å². The van der Waals surface area contributed by atoms with Crippen molar-refractivity contribution >= 4 is 5.69 Å². The molecule has 0 amide bonds. The molecular formula is C18H21N2O5+. The molecule has 0 radical (unpaired) electrons. The summed E-state index contributed by atoms with van der Waals surface area (Å²) in [6.07, 6.45) is 0.962. The predicted octanol–water partition coefficient (Wildman–Crippen LogP) is 1.85. The minimum absolute atomic E-state index is 0.0544.